The summed E-state index contributed by atoms with van der Waals surface area (Å²) in [5.74, 6) is -0.325. The third-order valence-electron chi connectivity index (χ3n) is 4.02. The van der Waals surface area contributed by atoms with Gasteiger partial charge in [0.2, 0.25) is 0 Å². The molecule has 3 rings (SSSR count). The molecule has 1 heterocycles. The van der Waals surface area contributed by atoms with Crippen molar-refractivity contribution >= 4 is 23.0 Å². The van der Waals surface area contributed by atoms with Gasteiger partial charge in [-0.05, 0) is 54.5 Å². The normalized spacial score (nSPS) is 10.4. The van der Waals surface area contributed by atoms with Gasteiger partial charge in [-0.15, -0.1) is 0 Å². The number of aromatic nitrogens is 1. The molecule has 0 aliphatic heterocycles. The maximum Gasteiger partial charge on any atom is 0.174 e. The molecule has 0 spiro atoms. The molecular formula is C21H20FN3S. The fourth-order valence-electron chi connectivity index (χ4n) is 2.58. The first-order valence-corrected chi connectivity index (χ1v) is 8.77. The van der Waals surface area contributed by atoms with E-state index >= 15 is 0 Å². The maximum absolute atomic E-state index is 14.0. The molecule has 1 N–H and O–H groups in total. The summed E-state index contributed by atoms with van der Waals surface area (Å²) in [6, 6.07) is 18.8. The molecule has 0 bridgehead atoms. The molecule has 0 saturated carbocycles. The Balaban J connectivity index is 1.80. The highest BCUT2D eigenvalue weighted by Gasteiger charge is 2.13. The van der Waals surface area contributed by atoms with Crippen LogP contribution < -0.4 is 5.32 Å². The number of nitrogens with zero attached hydrogens (tertiary/aromatic N) is 2. The summed E-state index contributed by atoms with van der Waals surface area (Å²) in [6.45, 7) is 3.29. The van der Waals surface area contributed by atoms with E-state index in [0.717, 1.165) is 11.1 Å². The zero-order valence-electron chi connectivity index (χ0n) is 14.5. The van der Waals surface area contributed by atoms with Crippen molar-refractivity contribution in [1.29, 1.82) is 0 Å². The molecule has 3 nitrogen and oxygen atoms in total. The Morgan fingerprint density at radius 2 is 1.58 bits per heavy atom. The average Bonchev–Trinajstić information content (AvgIpc) is 2.65. The van der Waals surface area contributed by atoms with Crippen LogP contribution in [0.1, 0.15) is 16.7 Å². The molecule has 0 saturated heterocycles. The molecule has 5 heteroatoms. The minimum atomic E-state index is -0.325. The Bertz CT molecular complexity index is 866. The molecule has 132 valence electrons. The van der Waals surface area contributed by atoms with Gasteiger partial charge in [0, 0.05) is 25.5 Å². The van der Waals surface area contributed by atoms with Crippen LogP contribution in [0.3, 0.4) is 0 Å². The summed E-state index contributed by atoms with van der Waals surface area (Å²) in [6.07, 6.45) is 3.51. The molecule has 0 fully saturated rings. The first-order valence-electron chi connectivity index (χ1n) is 8.37. The lowest BCUT2D eigenvalue weighted by molar-refractivity contribution is 0.412. The van der Waals surface area contributed by atoms with Crippen LogP contribution in [0, 0.1) is 12.7 Å². The standard InChI is InChI=1S/C21H20FN3S/c1-16-6-8-17(9-7-16)14-25(15-18-10-12-23-13-11-18)21(26)24-20-5-3-2-4-19(20)22/h2-13H,14-15H2,1H3,(H,24,26). The number of hydrogen-bond acceptors (Lipinski definition) is 2. The summed E-state index contributed by atoms with van der Waals surface area (Å²) < 4.78 is 14.0. The van der Waals surface area contributed by atoms with Crippen LogP contribution >= 0.6 is 12.2 Å². The Labute approximate surface area is 158 Å². The largest absolute Gasteiger partial charge is 0.340 e. The summed E-state index contributed by atoms with van der Waals surface area (Å²) in [5.41, 5.74) is 3.81. The highest BCUT2D eigenvalue weighted by Crippen LogP contribution is 2.16. The van der Waals surface area contributed by atoms with Gasteiger partial charge in [0.05, 0.1) is 5.69 Å². The van der Waals surface area contributed by atoms with Crippen molar-refractivity contribution in [2.75, 3.05) is 5.32 Å². The van der Waals surface area contributed by atoms with Gasteiger partial charge in [-0.1, -0.05) is 42.0 Å². The number of aryl methyl sites for hydroxylation is 1. The lowest BCUT2D eigenvalue weighted by Gasteiger charge is -2.26. The SMILES string of the molecule is Cc1ccc(CN(Cc2ccncc2)C(=S)Nc2ccccc2F)cc1. The van der Waals surface area contributed by atoms with Crippen LogP contribution in [0.5, 0.6) is 0 Å². The van der Waals surface area contributed by atoms with E-state index in [9.17, 15) is 4.39 Å². The van der Waals surface area contributed by atoms with Gasteiger partial charge in [0.1, 0.15) is 5.82 Å². The molecule has 2 aromatic carbocycles. The molecule has 0 aliphatic rings. The van der Waals surface area contributed by atoms with Crippen molar-refractivity contribution in [3.05, 3.63) is 95.6 Å². The Kier molecular flexibility index (Phi) is 5.92. The van der Waals surface area contributed by atoms with Crippen molar-refractivity contribution < 1.29 is 4.39 Å². The second-order valence-corrected chi connectivity index (χ2v) is 6.49. The number of nitrogens with one attached hydrogen (secondary N) is 1. The van der Waals surface area contributed by atoms with Gasteiger partial charge in [0.15, 0.2) is 5.11 Å². The van der Waals surface area contributed by atoms with Crippen LogP contribution in [0.15, 0.2) is 73.1 Å². The molecule has 3 aromatic rings. The molecule has 0 radical (unpaired) electrons. The third-order valence-corrected chi connectivity index (χ3v) is 4.38. The van der Waals surface area contributed by atoms with Crippen LogP contribution in [-0.4, -0.2) is 15.0 Å². The fourth-order valence-corrected chi connectivity index (χ4v) is 2.82. The number of thiocarbonyl (C=S) groups is 1. The zero-order chi connectivity index (χ0) is 18.4. The second kappa shape index (κ2) is 8.54. The fraction of sp³-hybridized carbons (Fsp3) is 0.143. The topological polar surface area (TPSA) is 28.2 Å². The van der Waals surface area contributed by atoms with E-state index in [4.69, 9.17) is 12.2 Å². The van der Waals surface area contributed by atoms with Crippen molar-refractivity contribution in [2.24, 2.45) is 0 Å². The van der Waals surface area contributed by atoms with Crippen molar-refractivity contribution in [1.82, 2.24) is 9.88 Å². The van der Waals surface area contributed by atoms with E-state index in [1.165, 1.54) is 11.6 Å². The number of benzene rings is 2. The number of anilines is 1. The third kappa shape index (κ3) is 4.86. The van der Waals surface area contributed by atoms with Crippen molar-refractivity contribution in [3.63, 3.8) is 0 Å². The number of para-hydroxylation sites is 1. The number of halogens is 1. The van der Waals surface area contributed by atoms with Gasteiger partial charge >= 0.3 is 0 Å². The summed E-state index contributed by atoms with van der Waals surface area (Å²) >= 11 is 5.57. The Morgan fingerprint density at radius 1 is 0.962 bits per heavy atom. The minimum absolute atomic E-state index is 0.325. The monoisotopic (exact) mass is 365 g/mol. The molecular weight excluding hydrogens is 345 g/mol. The quantitative estimate of drug-likeness (QED) is 0.649. The first-order chi connectivity index (χ1) is 12.6. The first kappa shape index (κ1) is 18.0. The van der Waals surface area contributed by atoms with Crippen LogP contribution in [0.2, 0.25) is 0 Å². The molecule has 1 aromatic heterocycles. The highest BCUT2D eigenvalue weighted by atomic mass is 32.1. The Hall–Kier alpha value is -2.79. The molecule has 0 amide bonds. The lowest BCUT2D eigenvalue weighted by Crippen LogP contribution is -2.34. The second-order valence-electron chi connectivity index (χ2n) is 6.11. The average molecular weight is 365 g/mol. The molecule has 26 heavy (non-hydrogen) atoms. The highest BCUT2D eigenvalue weighted by molar-refractivity contribution is 7.80. The van der Waals surface area contributed by atoms with Gasteiger partial charge in [-0.3, -0.25) is 4.98 Å². The van der Waals surface area contributed by atoms with E-state index in [2.05, 4.69) is 41.5 Å². The number of hydrogen-bond donors (Lipinski definition) is 1. The zero-order valence-corrected chi connectivity index (χ0v) is 15.3. The maximum atomic E-state index is 14.0. The van der Waals surface area contributed by atoms with E-state index in [1.807, 2.05) is 17.0 Å². The van der Waals surface area contributed by atoms with Crippen molar-refractivity contribution in [2.45, 2.75) is 20.0 Å². The number of rotatable bonds is 5. The Morgan fingerprint density at radius 3 is 2.23 bits per heavy atom. The van der Waals surface area contributed by atoms with Gasteiger partial charge in [-0.2, -0.15) is 0 Å². The predicted molar refractivity (Wildman–Crippen MR) is 107 cm³/mol. The van der Waals surface area contributed by atoms with E-state index in [1.54, 1.807) is 30.6 Å². The van der Waals surface area contributed by atoms with E-state index in [-0.39, 0.29) is 5.82 Å². The van der Waals surface area contributed by atoms with Gasteiger partial charge in [-0.25, -0.2) is 4.39 Å². The molecule has 0 aliphatic carbocycles. The van der Waals surface area contributed by atoms with Gasteiger partial charge < -0.3 is 10.2 Å². The summed E-state index contributed by atoms with van der Waals surface area (Å²) in [4.78, 5) is 6.07. The smallest absolute Gasteiger partial charge is 0.174 e. The lowest BCUT2D eigenvalue weighted by atomic mass is 10.1. The molecule has 0 unspecified atom stereocenters. The van der Waals surface area contributed by atoms with E-state index in [0.29, 0.717) is 23.9 Å². The number of pyridine rings is 1. The van der Waals surface area contributed by atoms with Crippen molar-refractivity contribution in [3.8, 4) is 0 Å². The summed E-state index contributed by atoms with van der Waals surface area (Å²) in [5, 5.41) is 3.51. The van der Waals surface area contributed by atoms with Crippen LogP contribution in [-0.2, 0) is 13.1 Å². The summed E-state index contributed by atoms with van der Waals surface area (Å²) in [7, 11) is 0. The van der Waals surface area contributed by atoms with Crippen LogP contribution in [0.4, 0.5) is 10.1 Å². The minimum Gasteiger partial charge on any atom is -0.340 e. The van der Waals surface area contributed by atoms with Crippen LogP contribution in [0.25, 0.3) is 0 Å². The van der Waals surface area contributed by atoms with Gasteiger partial charge in [0.25, 0.3) is 0 Å². The van der Waals surface area contributed by atoms with E-state index < -0.39 is 0 Å². The molecule has 0 atom stereocenters. The predicted octanol–water partition coefficient (Wildman–Crippen LogP) is 4.93.